The minimum absolute atomic E-state index is 0.396. The molecule has 122 valence electrons. The standard InChI is InChI=1S/C22H10O4/c23-21-14-7-6-13-18-12-4-2-1-3-11(12)5-9-16(18)25-17-10-8-15(22(24)26-21)19(14)20(13)17/h1-10H. The fourth-order valence-corrected chi connectivity index (χ4v) is 4.02. The van der Waals surface area contributed by atoms with E-state index < -0.39 is 11.3 Å². The van der Waals surface area contributed by atoms with E-state index >= 15 is 0 Å². The molecule has 0 N–H and O–H groups in total. The van der Waals surface area contributed by atoms with Crippen LogP contribution in [-0.4, -0.2) is 0 Å². The summed E-state index contributed by atoms with van der Waals surface area (Å²) in [4.78, 5) is 24.4. The molecule has 0 spiro atoms. The van der Waals surface area contributed by atoms with Crippen molar-refractivity contribution in [2.75, 3.05) is 0 Å². The van der Waals surface area contributed by atoms with E-state index in [4.69, 9.17) is 8.83 Å². The first-order valence-electron chi connectivity index (χ1n) is 8.28. The Hall–Kier alpha value is -3.66. The Morgan fingerprint density at radius 3 is 2.00 bits per heavy atom. The van der Waals surface area contributed by atoms with Gasteiger partial charge in [0, 0.05) is 16.2 Å². The lowest BCUT2D eigenvalue weighted by molar-refractivity contribution is 0.489. The normalized spacial score (nSPS) is 12.2. The van der Waals surface area contributed by atoms with Gasteiger partial charge in [-0.05, 0) is 40.4 Å². The molecule has 2 aromatic heterocycles. The van der Waals surface area contributed by atoms with E-state index in [0.717, 1.165) is 32.5 Å². The Morgan fingerprint density at radius 2 is 1.15 bits per heavy atom. The maximum Gasteiger partial charge on any atom is 0.346 e. The van der Waals surface area contributed by atoms with Gasteiger partial charge in [-0.2, -0.15) is 0 Å². The van der Waals surface area contributed by atoms with Crippen molar-refractivity contribution in [2.24, 2.45) is 0 Å². The zero-order valence-corrected chi connectivity index (χ0v) is 13.4. The van der Waals surface area contributed by atoms with Gasteiger partial charge in [0.2, 0.25) is 0 Å². The molecule has 0 saturated heterocycles. The predicted octanol–water partition coefficient (Wildman–Crippen LogP) is 4.80. The minimum atomic E-state index is -0.616. The second kappa shape index (κ2) is 4.49. The second-order valence-corrected chi connectivity index (χ2v) is 6.46. The average molecular weight is 338 g/mol. The fourth-order valence-electron chi connectivity index (χ4n) is 4.02. The van der Waals surface area contributed by atoms with Gasteiger partial charge >= 0.3 is 11.3 Å². The first-order valence-corrected chi connectivity index (χ1v) is 8.28. The van der Waals surface area contributed by atoms with Crippen molar-refractivity contribution in [3.05, 3.63) is 81.5 Å². The lowest BCUT2D eigenvalue weighted by Crippen LogP contribution is -2.12. The number of benzene rings is 4. The van der Waals surface area contributed by atoms with E-state index in [-0.39, 0.29) is 0 Å². The van der Waals surface area contributed by atoms with Gasteiger partial charge in [-0.3, -0.25) is 0 Å². The van der Waals surface area contributed by atoms with Crippen molar-refractivity contribution in [2.45, 2.75) is 0 Å². The molecule has 0 atom stereocenters. The van der Waals surface area contributed by atoms with E-state index in [9.17, 15) is 9.59 Å². The molecule has 4 nitrogen and oxygen atoms in total. The highest BCUT2D eigenvalue weighted by Gasteiger charge is 2.18. The van der Waals surface area contributed by atoms with Gasteiger partial charge in [-0.25, -0.2) is 9.59 Å². The highest BCUT2D eigenvalue weighted by molar-refractivity contribution is 6.29. The fraction of sp³-hybridized carbons (Fsp3) is 0. The molecule has 0 fully saturated rings. The first kappa shape index (κ1) is 13.6. The number of hydrogen-bond acceptors (Lipinski definition) is 4. The smallest absolute Gasteiger partial charge is 0.346 e. The maximum absolute atomic E-state index is 12.2. The van der Waals surface area contributed by atoms with Crippen molar-refractivity contribution < 1.29 is 8.83 Å². The van der Waals surface area contributed by atoms with E-state index in [1.807, 2.05) is 30.3 Å². The number of hydrogen-bond donors (Lipinski definition) is 0. The molecule has 0 saturated carbocycles. The molecule has 6 aromatic rings. The Bertz CT molecular complexity index is 1590. The topological polar surface area (TPSA) is 60.4 Å². The van der Waals surface area contributed by atoms with Gasteiger partial charge in [0.15, 0.2) is 0 Å². The van der Waals surface area contributed by atoms with E-state index in [0.29, 0.717) is 21.7 Å². The summed E-state index contributed by atoms with van der Waals surface area (Å²) in [7, 11) is 0. The van der Waals surface area contributed by atoms with Crippen LogP contribution in [0, 0.1) is 0 Å². The monoisotopic (exact) mass is 338 g/mol. The lowest BCUT2D eigenvalue weighted by Gasteiger charge is -2.12. The first-order chi connectivity index (χ1) is 12.7. The predicted molar refractivity (Wildman–Crippen MR) is 102 cm³/mol. The molecule has 26 heavy (non-hydrogen) atoms. The highest BCUT2D eigenvalue weighted by atomic mass is 16.4. The summed E-state index contributed by atoms with van der Waals surface area (Å²) < 4.78 is 11.0. The summed E-state index contributed by atoms with van der Waals surface area (Å²) in [5.74, 6) is 0. The van der Waals surface area contributed by atoms with Crippen molar-refractivity contribution >= 4 is 54.3 Å². The summed E-state index contributed by atoms with van der Waals surface area (Å²) in [5.41, 5.74) is 0.180. The third kappa shape index (κ3) is 1.54. The molecular weight excluding hydrogens is 328 g/mol. The van der Waals surface area contributed by atoms with Crippen molar-refractivity contribution in [3.63, 3.8) is 0 Å². The largest absolute Gasteiger partial charge is 0.456 e. The summed E-state index contributed by atoms with van der Waals surface area (Å²) >= 11 is 0. The summed E-state index contributed by atoms with van der Waals surface area (Å²) in [6, 6.07) is 19.1. The molecular formula is C22H10O4. The third-order valence-electron chi connectivity index (χ3n) is 5.13. The van der Waals surface area contributed by atoms with Gasteiger partial charge in [-0.15, -0.1) is 0 Å². The Morgan fingerprint density at radius 1 is 0.500 bits per heavy atom. The van der Waals surface area contributed by atoms with E-state index in [1.54, 1.807) is 18.2 Å². The van der Waals surface area contributed by atoms with Gasteiger partial charge in [0.05, 0.1) is 10.8 Å². The molecule has 2 heterocycles. The van der Waals surface area contributed by atoms with Crippen molar-refractivity contribution in [3.8, 4) is 0 Å². The zero-order valence-electron chi connectivity index (χ0n) is 13.4. The highest BCUT2D eigenvalue weighted by Crippen LogP contribution is 2.39. The molecule has 0 unspecified atom stereocenters. The lowest BCUT2D eigenvalue weighted by atomic mass is 9.95. The van der Waals surface area contributed by atoms with Crippen LogP contribution in [0.3, 0.4) is 0 Å². The van der Waals surface area contributed by atoms with Crippen LogP contribution < -0.4 is 11.3 Å². The molecule has 0 aliphatic heterocycles. The molecule has 0 aliphatic carbocycles. The molecule has 6 rings (SSSR count). The van der Waals surface area contributed by atoms with Gasteiger partial charge in [0.25, 0.3) is 0 Å². The average Bonchev–Trinajstić information content (AvgIpc) is 2.67. The molecule has 0 bridgehead atoms. The van der Waals surface area contributed by atoms with Crippen LogP contribution in [0.15, 0.2) is 79.1 Å². The Kier molecular flexibility index (Phi) is 2.35. The van der Waals surface area contributed by atoms with Gasteiger partial charge < -0.3 is 8.83 Å². The summed E-state index contributed by atoms with van der Waals surface area (Å²) in [6.45, 7) is 0. The Labute approximate surface area is 145 Å². The quantitative estimate of drug-likeness (QED) is 0.295. The van der Waals surface area contributed by atoms with Crippen LogP contribution in [0.5, 0.6) is 0 Å². The van der Waals surface area contributed by atoms with Crippen molar-refractivity contribution in [1.82, 2.24) is 0 Å². The SMILES string of the molecule is O=c1oc(=O)c2ccc3c4c(ccc5ccccc54)oc4ccc1c2c43. The molecule has 4 heteroatoms. The molecule has 0 radical (unpaired) electrons. The third-order valence-corrected chi connectivity index (χ3v) is 5.13. The zero-order chi connectivity index (χ0) is 17.4. The van der Waals surface area contributed by atoms with Crippen LogP contribution in [-0.2, 0) is 0 Å². The maximum atomic E-state index is 12.2. The second-order valence-electron chi connectivity index (χ2n) is 6.46. The van der Waals surface area contributed by atoms with Crippen LogP contribution in [0.1, 0.15) is 0 Å². The van der Waals surface area contributed by atoms with E-state index in [2.05, 4.69) is 12.1 Å². The van der Waals surface area contributed by atoms with Crippen LogP contribution >= 0.6 is 0 Å². The summed E-state index contributed by atoms with van der Waals surface area (Å²) in [5, 5.41) is 6.30. The number of rotatable bonds is 0. The van der Waals surface area contributed by atoms with E-state index in [1.165, 1.54) is 0 Å². The molecule has 4 aromatic carbocycles. The Balaban J connectivity index is 2.05. The van der Waals surface area contributed by atoms with Gasteiger partial charge in [0.1, 0.15) is 11.2 Å². The minimum Gasteiger partial charge on any atom is -0.456 e. The molecule has 0 amide bonds. The van der Waals surface area contributed by atoms with Crippen LogP contribution in [0.25, 0.3) is 54.3 Å². The van der Waals surface area contributed by atoms with Crippen molar-refractivity contribution in [1.29, 1.82) is 0 Å². The number of fused-ring (bicyclic) bond motifs is 4. The summed E-state index contributed by atoms with van der Waals surface area (Å²) in [6.07, 6.45) is 0. The molecule has 0 aliphatic rings. The van der Waals surface area contributed by atoms with Crippen LogP contribution in [0.2, 0.25) is 0 Å². The van der Waals surface area contributed by atoms with Gasteiger partial charge in [-0.1, -0.05) is 36.4 Å². The van der Waals surface area contributed by atoms with Crippen LogP contribution in [0.4, 0.5) is 0 Å².